The summed E-state index contributed by atoms with van der Waals surface area (Å²) in [5.41, 5.74) is 4.10. The highest BCUT2D eigenvalue weighted by Gasteiger charge is 2.15. The largest absolute Gasteiger partial charge is 0.504 e. The van der Waals surface area contributed by atoms with E-state index in [1.54, 1.807) is 12.1 Å². The van der Waals surface area contributed by atoms with E-state index in [-0.39, 0.29) is 17.7 Å². The molecule has 0 unspecified atom stereocenters. The topological polar surface area (TPSA) is 83.0 Å². The van der Waals surface area contributed by atoms with Crippen LogP contribution in [0.5, 0.6) is 11.5 Å². The van der Waals surface area contributed by atoms with Gasteiger partial charge in [0.1, 0.15) is 6.04 Å². The van der Waals surface area contributed by atoms with Gasteiger partial charge in [-0.05, 0) is 42.3 Å². The zero-order valence-corrected chi connectivity index (χ0v) is 13.7. The van der Waals surface area contributed by atoms with Gasteiger partial charge in [-0.25, -0.2) is 5.43 Å². The third kappa shape index (κ3) is 4.74. The summed E-state index contributed by atoms with van der Waals surface area (Å²) in [6.07, 6.45) is 2.12. The van der Waals surface area contributed by atoms with Crippen LogP contribution in [-0.2, 0) is 4.79 Å². The summed E-state index contributed by atoms with van der Waals surface area (Å²) in [6.45, 7) is 1.93. The molecule has 6 heteroatoms. The molecular weight excluding hydrogens is 306 g/mol. The van der Waals surface area contributed by atoms with Gasteiger partial charge in [0, 0.05) is 5.69 Å². The molecule has 3 N–H and O–H groups in total. The van der Waals surface area contributed by atoms with E-state index in [1.807, 2.05) is 37.3 Å². The minimum atomic E-state index is -0.376. The van der Waals surface area contributed by atoms with Crippen molar-refractivity contribution in [2.75, 3.05) is 12.4 Å². The number of anilines is 1. The molecule has 0 aliphatic carbocycles. The quantitative estimate of drug-likeness (QED) is 0.539. The molecule has 1 amide bonds. The van der Waals surface area contributed by atoms with Crippen molar-refractivity contribution in [3.8, 4) is 11.5 Å². The van der Waals surface area contributed by atoms with Gasteiger partial charge in [0.15, 0.2) is 11.5 Å². The molecule has 0 aliphatic rings. The van der Waals surface area contributed by atoms with Crippen LogP contribution >= 0.6 is 0 Å². The standard InChI is InChI=1S/C18H21N3O3/c1-3-15(20-14-7-5-4-6-8-14)18(23)21-19-12-13-9-10-16(22)17(11-13)24-2/h4-12,15,20,22H,3H2,1-2H3,(H,21,23)/b19-12+/t15-/m1/s1. The molecule has 0 aliphatic heterocycles. The summed E-state index contributed by atoms with van der Waals surface area (Å²) in [6, 6.07) is 14.0. The molecule has 0 fully saturated rings. The Labute approximate surface area is 141 Å². The first-order valence-corrected chi connectivity index (χ1v) is 7.65. The van der Waals surface area contributed by atoms with E-state index < -0.39 is 0 Å². The lowest BCUT2D eigenvalue weighted by Crippen LogP contribution is -2.36. The highest BCUT2D eigenvalue weighted by Crippen LogP contribution is 2.25. The monoisotopic (exact) mass is 327 g/mol. The van der Waals surface area contributed by atoms with Gasteiger partial charge < -0.3 is 15.2 Å². The average Bonchev–Trinajstić information content (AvgIpc) is 2.61. The number of methoxy groups -OCH3 is 1. The van der Waals surface area contributed by atoms with Crippen molar-refractivity contribution in [2.45, 2.75) is 19.4 Å². The Morgan fingerprint density at radius 3 is 2.71 bits per heavy atom. The van der Waals surface area contributed by atoms with Crippen LogP contribution in [0.3, 0.4) is 0 Å². The number of phenolic OH excluding ortho intramolecular Hbond substituents is 1. The number of phenols is 1. The Morgan fingerprint density at radius 2 is 2.04 bits per heavy atom. The smallest absolute Gasteiger partial charge is 0.262 e. The first kappa shape index (κ1) is 17.3. The lowest BCUT2D eigenvalue weighted by atomic mass is 10.2. The number of amides is 1. The molecule has 0 saturated carbocycles. The number of carbonyl (C=O) groups is 1. The lowest BCUT2D eigenvalue weighted by Gasteiger charge is -2.16. The molecular formula is C18H21N3O3. The molecule has 2 aromatic rings. The van der Waals surface area contributed by atoms with Crippen molar-refractivity contribution in [1.82, 2.24) is 5.43 Å². The number of hydrogen-bond acceptors (Lipinski definition) is 5. The summed E-state index contributed by atoms with van der Waals surface area (Å²) in [5, 5.41) is 16.7. The summed E-state index contributed by atoms with van der Waals surface area (Å²) in [4.78, 5) is 12.2. The number of aromatic hydroxyl groups is 1. The first-order valence-electron chi connectivity index (χ1n) is 7.65. The molecule has 0 spiro atoms. The van der Waals surface area contributed by atoms with Crippen LogP contribution in [0.15, 0.2) is 53.6 Å². The minimum absolute atomic E-state index is 0.0526. The van der Waals surface area contributed by atoms with Gasteiger partial charge in [-0.15, -0.1) is 0 Å². The van der Waals surface area contributed by atoms with Crippen LogP contribution in [0, 0.1) is 0 Å². The van der Waals surface area contributed by atoms with Gasteiger partial charge in [-0.3, -0.25) is 4.79 Å². The zero-order valence-electron chi connectivity index (χ0n) is 13.7. The van der Waals surface area contributed by atoms with Gasteiger partial charge in [0.05, 0.1) is 13.3 Å². The lowest BCUT2D eigenvalue weighted by molar-refractivity contribution is -0.121. The second-order valence-corrected chi connectivity index (χ2v) is 5.14. The number of hydrazone groups is 1. The van der Waals surface area contributed by atoms with Crippen LogP contribution in [0.1, 0.15) is 18.9 Å². The predicted octanol–water partition coefficient (Wildman–Crippen LogP) is 2.74. The molecule has 24 heavy (non-hydrogen) atoms. The van der Waals surface area contributed by atoms with Gasteiger partial charge in [0.25, 0.3) is 5.91 Å². The summed E-state index contributed by atoms with van der Waals surface area (Å²) in [5.74, 6) is 0.183. The number of ether oxygens (including phenoxy) is 1. The van der Waals surface area contributed by atoms with Crippen LogP contribution < -0.4 is 15.5 Å². The highest BCUT2D eigenvalue weighted by molar-refractivity contribution is 5.87. The Bertz CT molecular complexity index is 702. The average molecular weight is 327 g/mol. The van der Waals surface area contributed by atoms with Gasteiger partial charge in [-0.2, -0.15) is 5.10 Å². The van der Waals surface area contributed by atoms with E-state index in [4.69, 9.17) is 4.74 Å². The van der Waals surface area contributed by atoms with E-state index in [1.165, 1.54) is 19.4 Å². The van der Waals surface area contributed by atoms with Crippen LogP contribution in [-0.4, -0.2) is 30.4 Å². The predicted molar refractivity (Wildman–Crippen MR) is 94.5 cm³/mol. The second kappa shape index (κ2) is 8.57. The van der Waals surface area contributed by atoms with Crippen molar-refractivity contribution in [3.63, 3.8) is 0 Å². The van der Waals surface area contributed by atoms with Crippen LogP contribution in [0.25, 0.3) is 0 Å². The van der Waals surface area contributed by atoms with Gasteiger partial charge in [0.2, 0.25) is 0 Å². The molecule has 6 nitrogen and oxygen atoms in total. The zero-order chi connectivity index (χ0) is 17.4. The summed E-state index contributed by atoms with van der Waals surface area (Å²) < 4.78 is 5.03. The fraction of sp³-hybridized carbons (Fsp3) is 0.222. The van der Waals surface area contributed by atoms with Crippen molar-refractivity contribution < 1.29 is 14.6 Å². The molecule has 0 saturated heterocycles. The van der Waals surface area contributed by atoms with Gasteiger partial charge >= 0.3 is 0 Å². The first-order chi connectivity index (χ1) is 11.6. The molecule has 0 radical (unpaired) electrons. The van der Waals surface area contributed by atoms with Crippen molar-refractivity contribution in [1.29, 1.82) is 0 Å². The SMILES string of the molecule is CC[C@@H](Nc1ccccc1)C(=O)N/N=C/c1ccc(O)c(OC)c1. The molecule has 0 aromatic heterocycles. The number of hydrogen-bond donors (Lipinski definition) is 3. The normalized spacial score (nSPS) is 11.9. The Kier molecular flexibility index (Phi) is 6.19. The number of carbonyl (C=O) groups excluding carboxylic acids is 1. The van der Waals surface area contributed by atoms with E-state index in [2.05, 4.69) is 15.8 Å². The second-order valence-electron chi connectivity index (χ2n) is 5.14. The fourth-order valence-corrected chi connectivity index (χ4v) is 2.11. The Balaban J connectivity index is 1.95. The van der Waals surface area contributed by atoms with E-state index in [0.717, 1.165) is 5.69 Å². The number of para-hydroxylation sites is 1. The van der Waals surface area contributed by atoms with E-state index in [0.29, 0.717) is 17.7 Å². The molecule has 0 heterocycles. The van der Waals surface area contributed by atoms with E-state index in [9.17, 15) is 9.90 Å². The third-order valence-corrected chi connectivity index (χ3v) is 3.43. The summed E-state index contributed by atoms with van der Waals surface area (Å²) in [7, 11) is 1.47. The van der Waals surface area contributed by atoms with Crippen LogP contribution in [0.4, 0.5) is 5.69 Å². The van der Waals surface area contributed by atoms with E-state index >= 15 is 0 Å². The Hall–Kier alpha value is -3.02. The fourth-order valence-electron chi connectivity index (χ4n) is 2.11. The molecule has 2 aromatic carbocycles. The number of nitrogens with one attached hydrogen (secondary N) is 2. The maximum atomic E-state index is 12.2. The number of benzene rings is 2. The molecule has 2 rings (SSSR count). The third-order valence-electron chi connectivity index (χ3n) is 3.43. The Morgan fingerprint density at radius 1 is 1.29 bits per heavy atom. The number of nitrogens with zero attached hydrogens (tertiary/aromatic N) is 1. The summed E-state index contributed by atoms with van der Waals surface area (Å²) >= 11 is 0. The van der Waals surface area contributed by atoms with Crippen molar-refractivity contribution >= 4 is 17.8 Å². The highest BCUT2D eigenvalue weighted by atomic mass is 16.5. The van der Waals surface area contributed by atoms with Crippen molar-refractivity contribution in [3.05, 3.63) is 54.1 Å². The van der Waals surface area contributed by atoms with Crippen molar-refractivity contribution in [2.24, 2.45) is 5.10 Å². The maximum absolute atomic E-state index is 12.2. The molecule has 1 atom stereocenters. The van der Waals surface area contributed by atoms with Crippen LogP contribution in [0.2, 0.25) is 0 Å². The van der Waals surface area contributed by atoms with Gasteiger partial charge in [-0.1, -0.05) is 25.1 Å². The maximum Gasteiger partial charge on any atom is 0.262 e. The minimum Gasteiger partial charge on any atom is -0.504 e. The molecule has 0 bridgehead atoms. The molecule has 126 valence electrons. The number of rotatable bonds is 7.